The fraction of sp³-hybridized carbons (Fsp3) is 0.538. The minimum Gasteiger partial charge on any atom is -0.316 e. The lowest BCUT2D eigenvalue weighted by molar-refractivity contribution is -0.125. The molecule has 2 atom stereocenters. The molecule has 4 nitrogen and oxygen atoms in total. The van der Waals surface area contributed by atoms with Crippen molar-refractivity contribution in [3.8, 4) is 0 Å². The molecule has 2 heterocycles. The van der Waals surface area contributed by atoms with Gasteiger partial charge in [-0.05, 0) is 17.9 Å². The number of carbonyl (C=O) groups excluding carboxylic acids is 2. The van der Waals surface area contributed by atoms with Crippen molar-refractivity contribution < 1.29 is 9.59 Å². The topological polar surface area (TPSA) is 49.4 Å². The van der Waals surface area contributed by atoms with Gasteiger partial charge in [0.2, 0.25) is 5.91 Å². The highest BCUT2D eigenvalue weighted by atomic mass is 32.1. The van der Waals surface area contributed by atoms with Crippen LogP contribution in [0.4, 0.5) is 4.79 Å². The average molecular weight is 266 g/mol. The molecule has 1 saturated heterocycles. The summed E-state index contributed by atoms with van der Waals surface area (Å²) in [5.74, 6) is -0.306. The fourth-order valence-electron chi connectivity index (χ4n) is 2.24. The first-order chi connectivity index (χ1) is 8.63. The average Bonchev–Trinajstić information content (AvgIpc) is 2.85. The van der Waals surface area contributed by atoms with Crippen molar-refractivity contribution in [1.29, 1.82) is 0 Å². The summed E-state index contributed by atoms with van der Waals surface area (Å²) in [6, 6.07) is 3.88. The van der Waals surface area contributed by atoms with Crippen LogP contribution in [0.15, 0.2) is 17.5 Å². The number of imide groups is 1. The first-order valence-corrected chi connectivity index (χ1v) is 7.16. The van der Waals surface area contributed by atoms with E-state index in [1.165, 1.54) is 4.88 Å². The molecule has 1 aromatic heterocycles. The van der Waals surface area contributed by atoms with Crippen molar-refractivity contribution in [3.63, 3.8) is 0 Å². The van der Waals surface area contributed by atoms with Crippen LogP contribution in [0.1, 0.15) is 37.6 Å². The number of hydrogen-bond acceptors (Lipinski definition) is 3. The van der Waals surface area contributed by atoms with Crippen LogP contribution in [0.2, 0.25) is 0 Å². The van der Waals surface area contributed by atoms with Crippen LogP contribution < -0.4 is 5.32 Å². The number of amides is 3. The van der Waals surface area contributed by atoms with Gasteiger partial charge in [0, 0.05) is 11.4 Å². The van der Waals surface area contributed by atoms with Crippen molar-refractivity contribution in [2.75, 3.05) is 6.54 Å². The van der Waals surface area contributed by atoms with E-state index in [0.29, 0.717) is 6.54 Å². The lowest BCUT2D eigenvalue weighted by Gasteiger charge is -2.36. The van der Waals surface area contributed by atoms with Crippen LogP contribution in [-0.2, 0) is 4.79 Å². The molecule has 0 saturated carbocycles. The minimum absolute atomic E-state index is 0.0885. The zero-order chi connectivity index (χ0) is 13.1. The zero-order valence-electron chi connectivity index (χ0n) is 10.7. The van der Waals surface area contributed by atoms with Gasteiger partial charge in [-0.15, -0.1) is 11.3 Å². The van der Waals surface area contributed by atoms with Gasteiger partial charge < -0.3 is 4.90 Å². The Morgan fingerprint density at radius 3 is 2.94 bits per heavy atom. The number of carbonyl (C=O) groups is 2. The third kappa shape index (κ3) is 2.56. The SMILES string of the molecule is CCCC(c1cccs1)N1CC(C)C(=O)NC1=O. The molecule has 98 valence electrons. The molecule has 0 spiro atoms. The van der Waals surface area contributed by atoms with E-state index in [1.807, 2.05) is 18.4 Å². The van der Waals surface area contributed by atoms with Crippen molar-refractivity contribution in [2.45, 2.75) is 32.7 Å². The van der Waals surface area contributed by atoms with Gasteiger partial charge in [0.15, 0.2) is 0 Å². The molecule has 0 radical (unpaired) electrons. The minimum atomic E-state index is -0.259. The molecule has 18 heavy (non-hydrogen) atoms. The van der Waals surface area contributed by atoms with Crippen molar-refractivity contribution in [3.05, 3.63) is 22.4 Å². The molecular weight excluding hydrogens is 248 g/mol. The number of nitrogens with one attached hydrogen (secondary N) is 1. The first kappa shape index (κ1) is 13.1. The zero-order valence-corrected chi connectivity index (χ0v) is 11.5. The molecule has 0 aromatic carbocycles. The second-order valence-electron chi connectivity index (χ2n) is 4.67. The molecule has 3 amide bonds. The molecule has 2 rings (SSSR count). The van der Waals surface area contributed by atoms with E-state index in [4.69, 9.17) is 0 Å². The van der Waals surface area contributed by atoms with E-state index in [2.05, 4.69) is 18.3 Å². The summed E-state index contributed by atoms with van der Waals surface area (Å²) >= 11 is 1.66. The molecule has 1 aliphatic heterocycles. The van der Waals surface area contributed by atoms with Crippen LogP contribution >= 0.6 is 11.3 Å². The summed E-state index contributed by atoms with van der Waals surface area (Å²) in [5.41, 5.74) is 0. The maximum atomic E-state index is 12.0. The van der Waals surface area contributed by atoms with Gasteiger partial charge in [-0.2, -0.15) is 0 Å². The van der Waals surface area contributed by atoms with Crippen LogP contribution in [0, 0.1) is 5.92 Å². The van der Waals surface area contributed by atoms with E-state index in [1.54, 1.807) is 16.2 Å². The lowest BCUT2D eigenvalue weighted by Crippen LogP contribution is -2.54. The highest BCUT2D eigenvalue weighted by Gasteiger charge is 2.34. The Morgan fingerprint density at radius 1 is 1.56 bits per heavy atom. The Kier molecular flexibility index (Phi) is 4.01. The number of hydrogen-bond donors (Lipinski definition) is 1. The Morgan fingerprint density at radius 2 is 2.33 bits per heavy atom. The summed E-state index contributed by atoms with van der Waals surface area (Å²) in [5, 5.41) is 4.45. The summed E-state index contributed by atoms with van der Waals surface area (Å²) in [6.07, 6.45) is 1.93. The highest BCUT2D eigenvalue weighted by Crippen LogP contribution is 2.31. The van der Waals surface area contributed by atoms with E-state index in [0.717, 1.165) is 12.8 Å². The van der Waals surface area contributed by atoms with E-state index in [9.17, 15) is 9.59 Å². The van der Waals surface area contributed by atoms with E-state index < -0.39 is 0 Å². The molecule has 0 bridgehead atoms. The highest BCUT2D eigenvalue weighted by molar-refractivity contribution is 7.10. The van der Waals surface area contributed by atoms with Crippen LogP contribution in [0.5, 0.6) is 0 Å². The van der Waals surface area contributed by atoms with Gasteiger partial charge in [-0.25, -0.2) is 4.79 Å². The number of rotatable bonds is 4. The number of thiophene rings is 1. The largest absolute Gasteiger partial charge is 0.324 e. The normalized spacial score (nSPS) is 21.9. The molecule has 1 aromatic rings. The Bertz CT molecular complexity index is 430. The molecule has 1 N–H and O–H groups in total. The van der Waals surface area contributed by atoms with E-state index in [-0.39, 0.29) is 23.9 Å². The van der Waals surface area contributed by atoms with Crippen molar-refractivity contribution in [1.82, 2.24) is 10.2 Å². The van der Waals surface area contributed by atoms with Gasteiger partial charge in [-0.3, -0.25) is 10.1 Å². The van der Waals surface area contributed by atoms with Crippen LogP contribution in [0.3, 0.4) is 0 Å². The maximum absolute atomic E-state index is 12.0. The predicted octanol–water partition coefficient (Wildman–Crippen LogP) is 2.78. The Balaban J connectivity index is 2.20. The number of nitrogens with zero attached hydrogens (tertiary/aromatic N) is 1. The monoisotopic (exact) mass is 266 g/mol. The smallest absolute Gasteiger partial charge is 0.316 e. The number of urea groups is 1. The molecule has 5 heteroatoms. The standard InChI is InChI=1S/C13H18N2O2S/c1-3-5-10(11-6-4-7-18-11)15-8-9(2)12(16)14-13(15)17/h4,6-7,9-10H,3,5,8H2,1-2H3,(H,14,16,17). The van der Waals surface area contributed by atoms with Gasteiger partial charge in [-0.1, -0.05) is 26.3 Å². The van der Waals surface area contributed by atoms with Gasteiger partial charge in [0.1, 0.15) is 0 Å². The lowest BCUT2D eigenvalue weighted by atomic mass is 10.0. The van der Waals surface area contributed by atoms with Crippen LogP contribution in [0.25, 0.3) is 0 Å². The molecule has 0 aliphatic carbocycles. The molecule has 1 aliphatic rings. The maximum Gasteiger partial charge on any atom is 0.324 e. The van der Waals surface area contributed by atoms with Gasteiger partial charge >= 0.3 is 6.03 Å². The quantitative estimate of drug-likeness (QED) is 0.911. The summed E-state index contributed by atoms with van der Waals surface area (Å²) in [7, 11) is 0. The molecule has 2 unspecified atom stereocenters. The first-order valence-electron chi connectivity index (χ1n) is 6.28. The summed E-state index contributed by atoms with van der Waals surface area (Å²) in [4.78, 5) is 26.4. The fourth-order valence-corrected chi connectivity index (χ4v) is 3.11. The van der Waals surface area contributed by atoms with E-state index >= 15 is 0 Å². The second-order valence-corrected chi connectivity index (χ2v) is 5.65. The summed E-state index contributed by atoms with van der Waals surface area (Å²) < 4.78 is 0. The second kappa shape index (κ2) is 5.52. The third-order valence-corrected chi connectivity index (χ3v) is 4.19. The summed E-state index contributed by atoms with van der Waals surface area (Å²) in [6.45, 7) is 4.47. The third-order valence-electron chi connectivity index (χ3n) is 3.22. The van der Waals surface area contributed by atoms with Crippen molar-refractivity contribution >= 4 is 23.3 Å². The predicted molar refractivity (Wildman–Crippen MR) is 71.4 cm³/mol. The van der Waals surface area contributed by atoms with Gasteiger partial charge in [0.05, 0.1) is 12.0 Å². The van der Waals surface area contributed by atoms with Crippen molar-refractivity contribution in [2.24, 2.45) is 5.92 Å². The molecular formula is C13H18N2O2S. The van der Waals surface area contributed by atoms with Gasteiger partial charge in [0.25, 0.3) is 0 Å². The Labute approximate surface area is 111 Å². The Hall–Kier alpha value is -1.36. The van der Waals surface area contributed by atoms with Crippen LogP contribution in [-0.4, -0.2) is 23.4 Å². The molecule has 1 fully saturated rings.